The average molecular weight is 585 g/mol. The monoisotopic (exact) mass is 584 g/mol. The molecule has 0 saturated carbocycles. The fourth-order valence-corrected chi connectivity index (χ4v) is 5.32. The highest BCUT2D eigenvalue weighted by molar-refractivity contribution is 8.12. The number of ether oxygens (including phenoxy) is 3. The van der Waals surface area contributed by atoms with Crippen LogP contribution in [0.5, 0.6) is 17.2 Å². The Hall–Kier alpha value is -3.47. The number of hydrogen-bond donors (Lipinski definition) is 2. The highest BCUT2D eigenvalue weighted by Crippen LogP contribution is 2.37. The summed E-state index contributed by atoms with van der Waals surface area (Å²) in [5, 5.41) is 2.84. The maximum atomic E-state index is 12.4. The Bertz CT molecular complexity index is 1470. The fraction of sp³-hybridized carbons (Fsp3) is 0.300. The summed E-state index contributed by atoms with van der Waals surface area (Å²) in [5.41, 5.74) is 2.52. The van der Waals surface area contributed by atoms with E-state index >= 15 is 0 Å². The van der Waals surface area contributed by atoms with Crippen LogP contribution in [-0.2, 0) is 19.4 Å². The van der Waals surface area contributed by atoms with E-state index in [2.05, 4.69) is 10.3 Å². The minimum absolute atomic E-state index is 0.109. The zero-order chi connectivity index (χ0) is 29.3. The topological polar surface area (TPSA) is 107 Å². The van der Waals surface area contributed by atoms with Gasteiger partial charge in [-0.2, -0.15) is 0 Å². The van der Waals surface area contributed by atoms with Crippen molar-refractivity contribution in [2.45, 2.75) is 38.7 Å². The third-order valence-electron chi connectivity index (χ3n) is 5.67. The second-order valence-corrected chi connectivity index (χ2v) is 12.1. The second-order valence-electron chi connectivity index (χ2n) is 8.98. The smallest absolute Gasteiger partial charge is 0.257 e. The first-order valence-electron chi connectivity index (χ1n) is 12.8. The van der Waals surface area contributed by atoms with E-state index in [4.69, 9.17) is 14.2 Å². The minimum atomic E-state index is -3.31. The van der Waals surface area contributed by atoms with E-state index in [-0.39, 0.29) is 16.9 Å². The number of aromatic nitrogens is 1. The van der Waals surface area contributed by atoms with Crippen molar-refractivity contribution in [1.29, 1.82) is 0 Å². The summed E-state index contributed by atoms with van der Waals surface area (Å²) >= 11 is 1.40. The Kier molecular flexibility index (Phi) is 11.1. The molecule has 214 valence electrons. The number of H-pyrrole nitrogens is 1. The van der Waals surface area contributed by atoms with Crippen molar-refractivity contribution in [2.24, 2.45) is 0 Å². The van der Waals surface area contributed by atoms with Gasteiger partial charge in [0, 0.05) is 42.1 Å². The van der Waals surface area contributed by atoms with Crippen molar-refractivity contribution >= 4 is 32.4 Å². The SMILES string of the molecule is C/C=C(\S/C(=C/C)c1ccc(-c2cc(Oc3ccc(S(C)(=O)=O)cc3)cc(O[C@@H](C)COC)c2)[nH]1)C(=O)NCC. The van der Waals surface area contributed by atoms with E-state index in [1.165, 1.54) is 30.2 Å². The van der Waals surface area contributed by atoms with Crippen molar-refractivity contribution in [2.75, 3.05) is 26.5 Å². The van der Waals surface area contributed by atoms with E-state index in [9.17, 15) is 13.2 Å². The van der Waals surface area contributed by atoms with Gasteiger partial charge < -0.3 is 24.5 Å². The molecule has 0 aliphatic rings. The average Bonchev–Trinajstić information content (AvgIpc) is 3.39. The molecular formula is C30H36N2O6S2. The van der Waals surface area contributed by atoms with Gasteiger partial charge in [-0.1, -0.05) is 23.9 Å². The van der Waals surface area contributed by atoms with Crippen LogP contribution < -0.4 is 14.8 Å². The Balaban J connectivity index is 1.93. The third kappa shape index (κ3) is 8.51. The zero-order valence-corrected chi connectivity index (χ0v) is 25.2. The molecule has 8 nitrogen and oxygen atoms in total. The van der Waals surface area contributed by atoms with Crippen molar-refractivity contribution in [3.63, 3.8) is 0 Å². The summed E-state index contributed by atoms with van der Waals surface area (Å²) in [6.07, 6.45) is 4.74. The summed E-state index contributed by atoms with van der Waals surface area (Å²) in [5.74, 6) is 1.49. The molecule has 1 heterocycles. The number of sulfone groups is 1. The second kappa shape index (κ2) is 14.2. The lowest BCUT2D eigenvalue weighted by Crippen LogP contribution is -2.23. The van der Waals surface area contributed by atoms with Gasteiger partial charge >= 0.3 is 0 Å². The number of benzene rings is 2. The first-order valence-corrected chi connectivity index (χ1v) is 15.6. The molecule has 3 aromatic rings. The van der Waals surface area contributed by atoms with Crippen LogP contribution in [0.1, 0.15) is 33.4 Å². The van der Waals surface area contributed by atoms with Gasteiger partial charge in [0.15, 0.2) is 9.84 Å². The first-order chi connectivity index (χ1) is 19.1. The molecule has 0 fully saturated rings. The van der Waals surface area contributed by atoms with Crippen LogP contribution in [0.15, 0.2) is 76.5 Å². The van der Waals surface area contributed by atoms with Gasteiger partial charge in [-0.3, -0.25) is 4.79 Å². The van der Waals surface area contributed by atoms with Crippen LogP contribution in [0, 0.1) is 0 Å². The molecule has 0 aliphatic heterocycles. The van der Waals surface area contributed by atoms with Gasteiger partial charge in [0.1, 0.15) is 23.4 Å². The normalized spacial score (nSPS) is 13.2. The number of amides is 1. The molecule has 0 radical (unpaired) electrons. The number of allylic oxidation sites excluding steroid dienone is 2. The standard InChI is InChI=1S/C30H36N2O6S2/c1-7-28(39-29(8-2)30(33)31-9-3)27-15-14-26(32-27)21-16-23(37-20(4)19-36-5)18-24(17-21)38-22-10-12-25(13-11-22)40(6,34)35/h7-8,10-18,20,32H,9,19H2,1-6H3,(H,31,33)/b28-7+,29-8-/t20-/m0/s1. The molecule has 40 heavy (non-hydrogen) atoms. The predicted octanol–water partition coefficient (Wildman–Crippen LogP) is 6.43. The molecule has 0 saturated heterocycles. The summed E-state index contributed by atoms with van der Waals surface area (Å²) in [4.78, 5) is 17.6. The van der Waals surface area contributed by atoms with Gasteiger partial charge in [-0.25, -0.2) is 8.42 Å². The Morgan fingerprint density at radius 3 is 2.33 bits per heavy atom. The zero-order valence-electron chi connectivity index (χ0n) is 23.6. The molecule has 1 aromatic heterocycles. The molecule has 3 rings (SSSR count). The van der Waals surface area contributed by atoms with Gasteiger partial charge in [-0.05, 0) is 76.2 Å². The van der Waals surface area contributed by atoms with Gasteiger partial charge in [0.05, 0.1) is 22.1 Å². The Morgan fingerprint density at radius 2 is 1.73 bits per heavy atom. The van der Waals surface area contributed by atoms with Crippen LogP contribution in [0.25, 0.3) is 16.2 Å². The van der Waals surface area contributed by atoms with Gasteiger partial charge in [0.25, 0.3) is 5.91 Å². The Labute approximate surface area is 240 Å². The van der Waals surface area contributed by atoms with E-state index in [1.807, 2.05) is 58.0 Å². The van der Waals surface area contributed by atoms with Crippen molar-refractivity contribution in [1.82, 2.24) is 10.3 Å². The van der Waals surface area contributed by atoms with E-state index < -0.39 is 9.84 Å². The van der Waals surface area contributed by atoms with E-state index in [0.717, 1.165) is 21.9 Å². The minimum Gasteiger partial charge on any atom is -0.488 e. The first kappa shape index (κ1) is 31.1. The molecule has 1 atom stereocenters. The lowest BCUT2D eigenvalue weighted by atomic mass is 10.1. The molecule has 1 amide bonds. The van der Waals surface area contributed by atoms with Crippen LogP contribution in [0.2, 0.25) is 0 Å². The number of hydrogen-bond acceptors (Lipinski definition) is 7. The Morgan fingerprint density at radius 1 is 1.02 bits per heavy atom. The fourth-order valence-electron chi connectivity index (χ4n) is 3.83. The maximum absolute atomic E-state index is 12.4. The molecule has 0 unspecified atom stereocenters. The molecule has 0 spiro atoms. The highest BCUT2D eigenvalue weighted by atomic mass is 32.2. The maximum Gasteiger partial charge on any atom is 0.257 e. The van der Waals surface area contributed by atoms with Crippen LogP contribution in [0.4, 0.5) is 0 Å². The van der Waals surface area contributed by atoms with E-state index in [1.54, 1.807) is 31.4 Å². The van der Waals surface area contributed by atoms with Crippen molar-refractivity contribution in [3.05, 3.63) is 77.3 Å². The van der Waals surface area contributed by atoms with Crippen LogP contribution in [0.3, 0.4) is 0 Å². The number of aromatic amines is 1. The summed E-state index contributed by atoms with van der Waals surface area (Å²) in [7, 11) is -1.69. The van der Waals surface area contributed by atoms with Crippen molar-refractivity contribution in [3.8, 4) is 28.5 Å². The number of likely N-dealkylation sites (N-methyl/N-ethyl adjacent to an activating group) is 1. The van der Waals surface area contributed by atoms with Gasteiger partial charge in [0.2, 0.25) is 0 Å². The van der Waals surface area contributed by atoms with Crippen LogP contribution in [-0.4, -0.2) is 51.9 Å². The van der Waals surface area contributed by atoms with Crippen molar-refractivity contribution < 1.29 is 27.4 Å². The summed E-state index contributed by atoms with van der Waals surface area (Å²) < 4.78 is 41.0. The largest absolute Gasteiger partial charge is 0.488 e. The summed E-state index contributed by atoms with van der Waals surface area (Å²) in [6, 6.07) is 15.8. The van der Waals surface area contributed by atoms with E-state index in [0.29, 0.717) is 35.3 Å². The van der Waals surface area contributed by atoms with Crippen LogP contribution >= 0.6 is 11.8 Å². The lowest BCUT2D eigenvalue weighted by Gasteiger charge is -2.16. The number of rotatable bonds is 13. The molecule has 2 aromatic carbocycles. The lowest BCUT2D eigenvalue weighted by molar-refractivity contribution is -0.116. The quantitative estimate of drug-likeness (QED) is 0.223. The predicted molar refractivity (Wildman–Crippen MR) is 162 cm³/mol. The molecule has 2 N–H and O–H groups in total. The number of methoxy groups -OCH3 is 1. The number of carbonyl (C=O) groups is 1. The number of carbonyl (C=O) groups excluding carboxylic acids is 1. The molecular weight excluding hydrogens is 548 g/mol. The third-order valence-corrected chi connectivity index (χ3v) is 8.12. The molecule has 0 aliphatic carbocycles. The summed E-state index contributed by atoms with van der Waals surface area (Å²) in [6.45, 7) is 8.55. The van der Waals surface area contributed by atoms with Gasteiger partial charge in [-0.15, -0.1) is 0 Å². The highest BCUT2D eigenvalue weighted by Gasteiger charge is 2.16. The number of thioether (sulfide) groups is 1. The molecule has 0 bridgehead atoms. The molecule has 10 heteroatoms. The number of nitrogens with one attached hydrogen (secondary N) is 2.